The molecule has 4 nitrogen and oxygen atoms in total. The molecule has 0 fully saturated rings. The van der Waals surface area contributed by atoms with E-state index in [9.17, 15) is 0 Å². The molecule has 16 heavy (non-hydrogen) atoms. The Morgan fingerprint density at radius 3 is 2.62 bits per heavy atom. The fourth-order valence-electron chi connectivity index (χ4n) is 1.45. The Labute approximate surface area is 102 Å². The number of nitrogens with zero attached hydrogens (tertiary/aromatic N) is 3. The maximum Gasteiger partial charge on any atom is 0.225 e. The highest BCUT2D eigenvalue weighted by Gasteiger charge is 2.15. The Morgan fingerprint density at radius 1 is 1.50 bits per heavy atom. The lowest BCUT2D eigenvalue weighted by Crippen LogP contribution is -2.30. The van der Waals surface area contributed by atoms with Crippen LogP contribution in [0.3, 0.4) is 0 Å². The maximum atomic E-state index is 5.53. The SMILES string of the molecule is CN(CC(C)(C)C)c1nccc(C(N)=S)n1. The van der Waals surface area contributed by atoms with Gasteiger partial charge in [0.2, 0.25) is 5.95 Å². The normalized spacial score (nSPS) is 11.2. The minimum Gasteiger partial charge on any atom is -0.388 e. The van der Waals surface area contributed by atoms with Gasteiger partial charge in [-0.15, -0.1) is 0 Å². The molecule has 0 amide bonds. The second kappa shape index (κ2) is 4.74. The standard InChI is InChI=1S/C11H18N4S/c1-11(2,3)7-15(4)10-13-6-5-8(14-10)9(12)16/h5-6H,7H2,1-4H3,(H2,12,16). The Morgan fingerprint density at radius 2 is 2.12 bits per heavy atom. The quantitative estimate of drug-likeness (QED) is 0.811. The first kappa shape index (κ1) is 12.8. The van der Waals surface area contributed by atoms with E-state index in [2.05, 4.69) is 30.7 Å². The predicted octanol–water partition coefficient (Wildman–Crippen LogP) is 1.59. The van der Waals surface area contributed by atoms with Crippen molar-refractivity contribution in [3.8, 4) is 0 Å². The lowest BCUT2D eigenvalue weighted by atomic mass is 9.96. The van der Waals surface area contributed by atoms with Gasteiger partial charge >= 0.3 is 0 Å². The molecule has 88 valence electrons. The summed E-state index contributed by atoms with van der Waals surface area (Å²) in [5.74, 6) is 0.653. The van der Waals surface area contributed by atoms with Crippen LogP contribution in [0.4, 0.5) is 5.95 Å². The number of hydrogen-bond acceptors (Lipinski definition) is 4. The van der Waals surface area contributed by atoms with Crippen molar-refractivity contribution in [3.05, 3.63) is 18.0 Å². The van der Waals surface area contributed by atoms with Crippen molar-refractivity contribution in [3.63, 3.8) is 0 Å². The summed E-state index contributed by atoms with van der Waals surface area (Å²) in [6.07, 6.45) is 1.68. The van der Waals surface area contributed by atoms with E-state index >= 15 is 0 Å². The van der Waals surface area contributed by atoms with Crippen molar-refractivity contribution < 1.29 is 0 Å². The predicted molar refractivity (Wildman–Crippen MR) is 70.6 cm³/mol. The van der Waals surface area contributed by atoms with Crippen LogP contribution in [-0.2, 0) is 0 Å². The molecule has 0 saturated carbocycles. The highest BCUT2D eigenvalue weighted by atomic mass is 32.1. The van der Waals surface area contributed by atoms with Crippen LogP contribution in [0, 0.1) is 5.41 Å². The third-order valence-corrected chi connectivity index (χ3v) is 2.16. The van der Waals surface area contributed by atoms with E-state index in [1.807, 2.05) is 11.9 Å². The molecule has 1 heterocycles. The lowest BCUT2D eigenvalue weighted by molar-refractivity contribution is 0.416. The summed E-state index contributed by atoms with van der Waals surface area (Å²) < 4.78 is 0. The third-order valence-electron chi connectivity index (χ3n) is 1.95. The molecule has 0 atom stereocenters. The van der Waals surface area contributed by atoms with Crippen LogP contribution in [0.15, 0.2) is 12.3 Å². The largest absolute Gasteiger partial charge is 0.388 e. The molecule has 0 unspecified atom stereocenters. The molecule has 0 spiro atoms. The van der Waals surface area contributed by atoms with Gasteiger partial charge in [-0.1, -0.05) is 33.0 Å². The molecule has 0 radical (unpaired) electrons. The smallest absolute Gasteiger partial charge is 0.225 e. The molecular formula is C11H18N4S. The fraction of sp³-hybridized carbons (Fsp3) is 0.545. The van der Waals surface area contributed by atoms with E-state index < -0.39 is 0 Å². The van der Waals surface area contributed by atoms with Crippen LogP contribution in [0.1, 0.15) is 26.5 Å². The Balaban J connectivity index is 2.87. The van der Waals surface area contributed by atoms with Gasteiger partial charge in [0.1, 0.15) is 10.7 Å². The molecule has 0 saturated heterocycles. The van der Waals surface area contributed by atoms with Crippen LogP contribution >= 0.6 is 12.2 Å². The third kappa shape index (κ3) is 3.73. The second-order valence-corrected chi connectivity index (χ2v) is 5.46. The minimum absolute atomic E-state index is 0.192. The van der Waals surface area contributed by atoms with Gasteiger partial charge < -0.3 is 10.6 Å². The van der Waals surface area contributed by atoms with Crippen LogP contribution < -0.4 is 10.6 Å². The molecule has 0 aliphatic rings. The topological polar surface area (TPSA) is 55.0 Å². The van der Waals surface area contributed by atoms with Crippen molar-refractivity contribution in [1.29, 1.82) is 0 Å². The van der Waals surface area contributed by atoms with Crippen molar-refractivity contribution in [1.82, 2.24) is 9.97 Å². The Kier molecular flexibility index (Phi) is 3.80. The number of aromatic nitrogens is 2. The average molecular weight is 238 g/mol. The van der Waals surface area contributed by atoms with Crippen molar-refractivity contribution >= 4 is 23.2 Å². The number of nitrogens with two attached hydrogens (primary N) is 1. The van der Waals surface area contributed by atoms with Crippen LogP contribution in [0.5, 0.6) is 0 Å². The van der Waals surface area contributed by atoms with E-state index in [-0.39, 0.29) is 5.41 Å². The van der Waals surface area contributed by atoms with Crippen molar-refractivity contribution in [2.45, 2.75) is 20.8 Å². The van der Waals surface area contributed by atoms with E-state index in [4.69, 9.17) is 18.0 Å². The summed E-state index contributed by atoms with van der Waals surface area (Å²) in [4.78, 5) is 10.8. The fourth-order valence-corrected chi connectivity index (χ4v) is 1.57. The zero-order valence-electron chi connectivity index (χ0n) is 10.2. The van der Waals surface area contributed by atoms with Crippen molar-refractivity contribution in [2.75, 3.05) is 18.5 Å². The first-order valence-corrected chi connectivity index (χ1v) is 5.54. The molecule has 2 N–H and O–H groups in total. The summed E-state index contributed by atoms with van der Waals surface area (Å²) in [6, 6.07) is 1.72. The van der Waals surface area contributed by atoms with Crippen LogP contribution in [0.25, 0.3) is 0 Å². The summed E-state index contributed by atoms with van der Waals surface area (Å²) >= 11 is 4.89. The van der Waals surface area contributed by atoms with Gasteiger partial charge in [0.05, 0.1) is 0 Å². The van der Waals surface area contributed by atoms with Crippen LogP contribution in [-0.4, -0.2) is 28.5 Å². The zero-order chi connectivity index (χ0) is 12.3. The number of anilines is 1. The highest BCUT2D eigenvalue weighted by molar-refractivity contribution is 7.80. The van der Waals surface area contributed by atoms with Gasteiger partial charge in [0, 0.05) is 19.8 Å². The second-order valence-electron chi connectivity index (χ2n) is 5.02. The lowest BCUT2D eigenvalue weighted by Gasteiger charge is -2.26. The number of rotatable bonds is 3. The van der Waals surface area contributed by atoms with Gasteiger partial charge in [-0.3, -0.25) is 0 Å². The number of hydrogen-bond donors (Lipinski definition) is 1. The first-order chi connectivity index (χ1) is 7.29. The van der Waals surface area contributed by atoms with E-state index in [0.29, 0.717) is 16.6 Å². The van der Waals surface area contributed by atoms with Gasteiger partial charge in [-0.25, -0.2) is 9.97 Å². The molecule has 1 aromatic heterocycles. The Bertz CT molecular complexity index is 384. The summed E-state index contributed by atoms with van der Waals surface area (Å²) in [5.41, 5.74) is 6.34. The van der Waals surface area contributed by atoms with E-state index in [0.717, 1.165) is 6.54 Å². The van der Waals surface area contributed by atoms with Gasteiger partial charge in [-0.2, -0.15) is 0 Å². The number of thiocarbonyl (C=S) groups is 1. The monoisotopic (exact) mass is 238 g/mol. The van der Waals surface area contributed by atoms with E-state index in [1.165, 1.54) is 0 Å². The van der Waals surface area contributed by atoms with Gasteiger partial charge in [-0.05, 0) is 11.5 Å². The Hall–Kier alpha value is -1.23. The summed E-state index contributed by atoms with van der Waals surface area (Å²) in [7, 11) is 1.96. The van der Waals surface area contributed by atoms with Gasteiger partial charge in [0.15, 0.2) is 0 Å². The zero-order valence-corrected chi connectivity index (χ0v) is 11.0. The molecule has 5 heteroatoms. The summed E-state index contributed by atoms with van der Waals surface area (Å²) in [6.45, 7) is 7.37. The molecular weight excluding hydrogens is 220 g/mol. The molecule has 1 aromatic rings. The first-order valence-electron chi connectivity index (χ1n) is 5.13. The van der Waals surface area contributed by atoms with E-state index in [1.54, 1.807) is 12.3 Å². The maximum absolute atomic E-state index is 5.53. The molecule has 0 aromatic carbocycles. The molecule has 0 aliphatic carbocycles. The minimum atomic E-state index is 0.192. The summed E-state index contributed by atoms with van der Waals surface area (Å²) in [5, 5.41) is 0. The molecule has 1 rings (SSSR count). The van der Waals surface area contributed by atoms with Crippen molar-refractivity contribution in [2.24, 2.45) is 11.1 Å². The van der Waals surface area contributed by atoms with Gasteiger partial charge in [0.25, 0.3) is 0 Å². The highest BCUT2D eigenvalue weighted by Crippen LogP contribution is 2.17. The average Bonchev–Trinajstić information content (AvgIpc) is 2.15. The molecule has 0 bridgehead atoms. The molecule has 0 aliphatic heterocycles. The van der Waals surface area contributed by atoms with Crippen LogP contribution in [0.2, 0.25) is 0 Å².